The molecule has 2 unspecified atom stereocenters. The van der Waals surface area contributed by atoms with Crippen molar-refractivity contribution < 1.29 is 9.90 Å². The third kappa shape index (κ3) is 2.29. The molecule has 3 heteroatoms. The summed E-state index contributed by atoms with van der Waals surface area (Å²) in [5.41, 5.74) is 2.32. The van der Waals surface area contributed by atoms with Gasteiger partial charge in [0.2, 0.25) is 0 Å². The van der Waals surface area contributed by atoms with E-state index in [1.54, 1.807) is 0 Å². The van der Waals surface area contributed by atoms with Gasteiger partial charge in [-0.05, 0) is 18.9 Å². The molecule has 0 amide bonds. The minimum absolute atomic E-state index is 0.208. The normalized spacial score (nSPS) is 27.8. The maximum atomic E-state index is 10.4. The molecule has 2 atom stereocenters. The summed E-state index contributed by atoms with van der Waals surface area (Å²) in [6.45, 7) is 2.05. The molecular formula is C12H15NO2. The van der Waals surface area contributed by atoms with Crippen molar-refractivity contribution in [3.05, 3.63) is 35.6 Å². The van der Waals surface area contributed by atoms with Crippen LogP contribution < -0.4 is 5.32 Å². The topological polar surface area (TPSA) is 49.3 Å². The molecular weight excluding hydrogens is 190 g/mol. The van der Waals surface area contributed by atoms with Crippen LogP contribution in [0.1, 0.15) is 19.8 Å². The molecule has 2 rings (SSSR count). The zero-order valence-electron chi connectivity index (χ0n) is 8.73. The second-order valence-electron chi connectivity index (χ2n) is 4.09. The highest BCUT2D eigenvalue weighted by Crippen LogP contribution is 2.26. The third-order valence-electron chi connectivity index (χ3n) is 2.81. The second-order valence-corrected chi connectivity index (χ2v) is 4.09. The second kappa shape index (κ2) is 3.93. The van der Waals surface area contributed by atoms with Crippen LogP contribution in [0.4, 0.5) is 0 Å². The van der Waals surface area contributed by atoms with Crippen LogP contribution >= 0.6 is 0 Å². The van der Waals surface area contributed by atoms with Gasteiger partial charge in [0.05, 0.1) is 6.04 Å². The first-order valence-corrected chi connectivity index (χ1v) is 5.21. The van der Waals surface area contributed by atoms with E-state index < -0.39 is 5.97 Å². The van der Waals surface area contributed by atoms with Crippen LogP contribution in [0, 0.1) is 5.92 Å². The molecule has 15 heavy (non-hydrogen) atoms. The van der Waals surface area contributed by atoms with E-state index in [-0.39, 0.29) is 6.42 Å². The quantitative estimate of drug-likeness (QED) is 0.739. The van der Waals surface area contributed by atoms with Gasteiger partial charge in [-0.15, -0.1) is 0 Å². The minimum atomic E-state index is -0.736. The summed E-state index contributed by atoms with van der Waals surface area (Å²) in [6, 6.07) is 0.332. The van der Waals surface area contributed by atoms with Gasteiger partial charge in [-0.1, -0.05) is 24.3 Å². The first-order valence-electron chi connectivity index (χ1n) is 5.21. The van der Waals surface area contributed by atoms with Gasteiger partial charge in [-0.25, -0.2) is 0 Å². The molecule has 0 aromatic carbocycles. The number of hydrogen-bond donors (Lipinski definition) is 2. The predicted molar refractivity (Wildman–Crippen MR) is 58.3 cm³/mol. The van der Waals surface area contributed by atoms with Crippen molar-refractivity contribution in [2.75, 3.05) is 0 Å². The largest absolute Gasteiger partial charge is 0.481 e. The lowest BCUT2D eigenvalue weighted by Gasteiger charge is -2.19. The number of carboxylic acids is 1. The van der Waals surface area contributed by atoms with Crippen LogP contribution in [0.25, 0.3) is 0 Å². The summed E-state index contributed by atoms with van der Waals surface area (Å²) in [5, 5.41) is 12.0. The zero-order valence-corrected chi connectivity index (χ0v) is 8.73. The monoisotopic (exact) mass is 205 g/mol. The number of aliphatic carboxylic acids is 1. The van der Waals surface area contributed by atoms with Crippen LogP contribution in [0.5, 0.6) is 0 Å². The molecule has 1 aliphatic carbocycles. The van der Waals surface area contributed by atoms with Crippen molar-refractivity contribution in [1.29, 1.82) is 0 Å². The zero-order chi connectivity index (χ0) is 10.8. The summed E-state index contributed by atoms with van der Waals surface area (Å²) in [4.78, 5) is 10.4. The minimum Gasteiger partial charge on any atom is -0.481 e. The van der Waals surface area contributed by atoms with Crippen molar-refractivity contribution in [1.82, 2.24) is 5.32 Å². The van der Waals surface area contributed by atoms with Crippen molar-refractivity contribution >= 4 is 5.97 Å². The Kier molecular flexibility index (Phi) is 2.62. The van der Waals surface area contributed by atoms with Crippen LogP contribution in [-0.2, 0) is 4.79 Å². The van der Waals surface area contributed by atoms with Crippen molar-refractivity contribution in [2.24, 2.45) is 5.92 Å². The molecule has 0 fully saturated rings. The summed E-state index contributed by atoms with van der Waals surface area (Å²) < 4.78 is 0. The number of carboxylic acid groups (broad SMARTS) is 1. The van der Waals surface area contributed by atoms with Crippen LogP contribution in [0.3, 0.4) is 0 Å². The maximum absolute atomic E-state index is 10.4. The average molecular weight is 205 g/mol. The Balaban J connectivity index is 1.98. The first-order chi connectivity index (χ1) is 7.15. The van der Waals surface area contributed by atoms with Crippen molar-refractivity contribution in [3.8, 4) is 0 Å². The molecule has 0 bridgehead atoms. The predicted octanol–water partition coefficient (Wildman–Crippen LogP) is 1.84. The third-order valence-corrected chi connectivity index (χ3v) is 2.81. The van der Waals surface area contributed by atoms with Gasteiger partial charge < -0.3 is 10.4 Å². The van der Waals surface area contributed by atoms with Gasteiger partial charge >= 0.3 is 5.97 Å². The van der Waals surface area contributed by atoms with Gasteiger partial charge in [-0.2, -0.15) is 0 Å². The van der Waals surface area contributed by atoms with Crippen LogP contribution in [0.2, 0.25) is 0 Å². The number of rotatable bonds is 3. The van der Waals surface area contributed by atoms with E-state index in [4.69, 9.17) is 5.11 Å². The Bertz CT molecular complexity index is 366. The van der Waals surface area contributed by atoms with E-state index in [1.807, 2.05) is 6.08 Å². The van der Waals surface area contributed by atoms with Crippen molar-refractivity contribution in [3.63, 3.8) is 0 Å². The van der Waals surface area contributed by atoms with Gasteiger partial charge in [0.15, 0.2) is 0 Å². The highest BCUT2D eigenvalue weighted by Gasteiger charge is 2.23. The number of allylic oxidation sites excluding steroid dienone is 3. The number of hydrogen-bond acceptors (Lipinski definition) is 2. The molecule has 0 radical (unpaired) electrons. The van der Waals surface area contributed by atoms with E-state index in [1.165, 1.54) is 5.70 Å². The van der Waals surface area contributed by atoms with E-state index in [0.717, 1.165) is 5.57 Å². The molecule has 0 spiro atoms. The standard InChI is InChI=1S/C12H15NO2/c1-8-6-10-4-2-9(3-5-12(14)15)7-11(10)13-8/h2,4,6-7,10-11,13H,3,5H2,1H3,(H,14,15). The lowest BCUT2D eigenvalue weighted by molar-refractivity contribution is -0.136. The molecule has 2 N–H and O–H groups in total. The van der Waals surface area contributed by atoms with E-state index in [2.05, 4.69) is 30.5 Å². The molecule has 1 aliphatic heterocycles. The molecule has 2 aliphatic rings. The molecule has 0 saturated heterocycles. The van der Waals surface area contributed by atoms with Gasteiger partial charge in [0, 0.05) is 18.0 Å². The summed E-state index contributed by atoms with van der Waals surface area (Å²) in [6.07, 6.45) is 9.36. The van der Waals surface area contributed by atoms with E-state index >= 15 is 0 Å². The number of fused-ring (bicyclic) bond motifs is 1. The highest BCUT2D eigenvalue weighted by atomic mass is 16.4. The van der Waals surface area contributed by atoms with Crippen LogP contribution in [-0.4, -0.2) is 17.1 Å². The van der Waals surface area contributed by atoms with Gasteiger partial charge in [0.25, 0.3) is 0 Å². The van der Waals surface area contributed by atoms with Gasteiger partial charge in [-0.3, -0.25) is 4.79 Å². The fourth-order valence-corrected chi connectivity index (χ4v) is 2.07. The molecule has 0 aromatic heterocycles. The summed E-state index contributed by atoms with van der Waals surface area (Å²) in [7, 11) is 0. The Morgan fingerprint density at radius 1 is 1.53 bits per heavy atom. The van der Waals surface area contributed by atoms with E-state index in [0.29, 0.717) is 18.4 Å². The number of nitrogens with one attached hydrogen (secondary N) is 1. The Labute approximate surface area is 89.2 Å². The highest BCUT2D eigenvalue weighted by molar-refractivity contribution is 5.67. The van der Waals surface area contributed by atoms with Gasteiger partial charge in [0.1, 0.15) is 0 Å². The Morgan fingerprint density at radius 2 is 2.33 bits per heavy atom. The molecule has 3 nitrogen and oxygen atoms in total. The molecule has 80 valence electrons. The molecule has 0 saturated carbocycles. The first kappa shape index (κ1) is 10.0. The fraction of sp³-hybridized carbons (Fsp3) is 0.417. The Hall–Kier alpha value is -1.51. The smallest absolute Gasteiger partial charge is 0.303 e. The molecule has 1 heterocycles. The lowest BCUT2D eigenvalue weighted by Crippen LogP contribution is -2.26. The van der Waals surface area contributed by atoms with Crippen LogP contribution in [0.15, 0.2) is 35.6 Å². The lowest BCUT2D eigenvalue weighted by atomic mass is 9.92. The fourth-order valence-electron chi connectivity index (χ4n) is 2.07. The molecule has 0 aromatic rings. The Morgan fingerprint density at radius 3 is 3.07 bits per heavy atom. The SMILES string of the molecule is CC1=CC2C=CC(CCC(=O)O)=CC2N1. The summed E-state index contributed by atoms with van der Waals surface area (Å²) in [5.74, 6) is -0.293. The summed E-state index contributed by atoms with van der Waals surface area (Å²) >= 11 is 0. The number of carbonyl (C=O) groups is 1. The van der Waals surface area contributed by atoms with Crippen molar-refractivity contribution in [2.45, 2.75) is 25.8 Å². The van der Waals surface area contributed by atoms with E-state index in [9.17, 15) is 4.79 Å². The maximum Gasteiger partial charge on any atom is 0.303 e. The average Bonchev–Trinajstić information content (AvgIpc) is 2.53.